The van der Waals surface area contributed by atoms with Crippen LogP contribution in [0.5, 0.6) is 0 Å². The van der Waals surface area contributed by atoms with Crippen molar-refractivity contribution < 1.29 is 9.59 Å². The molecule has 1 aromatic rings. The standard InChI is InChI=1S/C15H18N2O2S/c1-20-15(7-8-15)10-17-12(18)9-16-14(19)13(17)11-5-3-2-4-6-11/h2-6,13H,7-10H2,1H3,(H,16,19). The normalized spacial score (nSPS) is 24.4. The van der Waals surface area contributed by atoms with E-state index in [1.807, 2.05) is 30.3 Å². The van der Waals surface area contributed by atoms with Crippen LogP contribution < -0.4 is 5.32 Å². The van der Waals surface area contributed by atoms with E-state index in [0.717, 1.165) is 18.4 Å². The molecular formula is C15H18N2O2S. The third kappa shape index (κ3) is 2.42. The minimum absolute atomic E-state index is 0.0128. The molecule has 20 heavy (non-hydrogen) atoms. The summed E-state index contributed by atoms with van der Waals surface area (Å²) in [5, 5.41) is 2.70. The van der Waals surface area contributed by atoms with Gasteiger partial charge in [0.15, 0.2) is 0 Å². The van der Waals surface area contributed by atoms with E-state index in [1.54, 1.807) is 16.7 Å². The van der Waals surface area contributed by atoms with Crippen LogP contribution in [0.25, 0.3) is 0 Å². The van der Waals surface area contributed by atoms with Crippen molar-refractivity contribution in [3.63, 3.8) is 0 Å². The number of amides is 2. The van der Waals surface area contributed by atoms with Gasteiger partial charge >= 0.3 is 0 Å². The van der Waals surface area contributed by atoms with Crippen LogP contribution in [0.3, 0.4) is 0 Å². The van der Waals surface area contributed by atoms with Crippen molar-refractivity contribution in [2.45, 2.75) is 23.6 Å². The van der Waals surface area contributed by atoms with Gasteiger partial charge in [0, 0.05) is 11.3 Å². The second kappa shape index (κ2) is 5.13. The van der Waals surface area contributed by atoms with E-state index in [4.69, 9.17) is 0 Å². The van der Waals surface area contributed by atoms with E-state index in [2.05, 4.69) is 11.6 Å². The molecule has 1 saturated carbocycles. The zero-order valence-corrected chi connectivity index (χ0v) is 12.3. The molecule has 1 N–H and O–H groups in total. The third-order valence-corrected chi connectivity index (χ3v) is 5.51. The van der Waals surface area contributed by atoms with Gasteiger partial charge in [0.2, 0.25) is 11.8 Å². The number of benzene rings is 1. The fourth-order valence-electron chi connectivity index (χ4n) is 2.67. The van der Waals surface area contributed by atoms with Gasteiger partial charge in [-0.05, 0) is 24.7 Å². The van der Waals surface area contributed by atoms with Gasteiger partial charge in [0.1, 0.15) is 6.04 Å². The first-order valence-corrected chi connectivity index (χ1v) is 8.05. The summed E-state index contributed by atoms with van der Waals surface area (Å²) in [5.74, 6) is -0.0634. The van der Waals surface area contributed by atoms with Crippen LogP contribution >= 0.6 is 11.8 Å². The maximum atomic E-state index is 12.2. The summed E-state index contributed by atoms with van der Waals surface area (Å²) in [6.45, 7) is 0.784. The first-order valence-electron chi connectivity index (χ1n) is 6.82. The first kappa shape index (κ1) is 13.5. The van der Waals surface area contributed by atoms with Crippen molar-refractivity contribution in [1.82, 2.24) is 10.2 Å². The molecule has 0 spiro atoms. The molecule has 0 bridgehead atoms. The minimum Gasteiger partial charge on any atom is -0.345 e. The van der Waals surface area contributed by atoms with Gasteiger partial charge in [-0.3, -0.25) is 9.59 Å². The van der Waals surface area contributed by atoms with E-state index in [-0.39, 0.29) is 23.1 Å². The molecule has 1 aliphatic carbocycles. The molecule has 1 heterocycles. The Hall–Kier alpha value is -1.49. The molecule has 2 fully saturated rings. The SMILES string of the molecule is CSC1(CN2C(=O)CNC(=O)C2c2ccccc2)CC1. The van der Waals surface area contributed by atoms with E-state index < -0.39 is 6.04 Å². The highest BCUT2D eigenvalue weighted by Crippen LogP contribution is 2.48. The lowest BCUT2D eigenvalue weighted by molar-refractivity contribution is -0.146. The molecule has 2 aliphatic rings. The number of rotatable bonds is 4. The highest BCUT2D eigenvalue weighted by Gasteiger charge is 2.47. The Morgan fingerprint density at radius 1 is 1.30 bits per heavy atom. The topological polar surface area (TPSA) is 49.4 Å². The maximum Gasteiger partial charge on any atom is 0.247 e. The zero-order valence-electron chi connectivity index (χ0n) is 11.5. The van der Waals surface area contributed by atoms with Gasteiger partial charge in [-0.25, -0.2) is 0 Å². The highest BCUT2D eigenvalue weighted by molar-refractivity contribution is 8.00. The molecule has 1 atom stereocenters. The fraction of sp³-hybridized carbons (Fsp3) is 0.467. The van der Waals surface area contributed by atoms with Gasteiger partial charge in [0.05, 0.1) is 6.54 Å². The van der Waals surface area contributed by atoms with Crippen molar-refractivity contribution in [3.8, 4) is 0 Å². The number of hydrogen-bond acceptors (Lipinski definition) is 3. The van der Waals surface area contributed by atoms with Crippen molar-refractivity contribution in [2.75, 3.05) is 19.3 Å². The molecule has 1 aromatic carbocycles. The minimum atomic E-state index is -0.484. The number of nitrogens with one attached hydrogen (secondary N) is 1. The van der Waals surface area contributed by atoms with E-state index in [9.17, 15) is 9.59 Å². The summed E-state index contributed by atoms with van der Waals surface area (Å²) in [6.07, 6.45) is 4.33. The summed E-state index contributed by atoms with van der Waals surface area (Å²) >= 11 is 1.81. The summed E-state index contributed by atoms with van der Waals surface area (Å²) in [6, 6.07) is 9.06. The number of nitrogens with zero attached hydrogens (tertiary/aromatic N) is 1. The highest BCUT2D eigenvalue weighted by atomic mass is 32.2. The summed E-state index contributed by atoms with van der Waals surface area (Å²) < 4.78 is 0.167. The molecule has 1 aliphatic heterocycles. The molecule has 0 aromatic heterocycles. The number of piperazine rings is 1. The second-order valence-electron chi connectivity index (χ2n) is 5.44. The summed E-state index contributed by atoms with van der Waals surface area (Å²) in [4.78, 5) is 26.2. The predicted molar refractivity (Wildman–Crippen MR) is 79.4 cm³/mol. The van der Waals surface area contributed by atoms with Crippen LogP contribution in [-0.4, -0.2) is 40.8 Å². The van der Waals surface area contributed by atoms with Crippen LogP contribution in [0, 0.1) is 0 Å². The molecule has 3 rings (SSSR count). The molecular weight excluding hydrogens is 272 g/mol. The zero-order chi connectivity index (χ0) is 14.2. The van der Waals surface area contributed by atoms with Crippen molar-refractivity contribution >= 4 is 23.6 Å². The van der Waals surface area contributed by atoms with E-state index in [1.165, 1.54) is 0 Å². The lowest BCUT2D eigenvalue weighted by Crippen LogP contribution is -2.55. The number of carbonyl (C=O) groups is 2. The summed E-state index contributed by atoms with van der Waals surface area (Å²) in [7, 11) is 0. The first-order chi connectivity index (χ1) is 9.65. The van der Waals surface area contributed by atoms with Crippen molar-refractivity contribution in [3.05, 3.63) is 35.9 Å². The van der Waals surface area contributed by atoms with E-state index >= 15 is 0 Å². The Bertz CT molecular complexity index is 528. The monoisotopic (exact) mass is 290 g/mol. The fourth-order valence-corrected chi connectivity index (χ4v) is 3.45. The van der Waals surface area contributed by atoms with Crippen molar-refractivity contribution in [2.24, 2.45) is 0 Å². The third-order valence-electron chi connectivity index (χ3n) is 4.11. The van der Waals surface area contributed by atoms with Gasteiger partial charge < -0.3 is 10.2 Å². The Kier molecular flexibility index (Phi) is 3.46. The Morgan fingerprint density at radius 2 is 2.00 bits per heavy atom. The van der Waals surface area contributed by atoms with Gasteiger partial charge in [-0.1, -0.05) is 30.3 Å². The van der Waals surface area contributed by atoms with Gasteiger partial charge in [0.25, 0.3) is 0 Å². The maximum absolute atomic E-state index is 12.2. The van der Waals surface area contributed by atoms with Crippen LogP contribution in [0.1, 0.15) is 24.4 Å². The van der Waals surface area contributed by atoms with E-state index in [0.29, 0.717) is 6.54 Å². The molecule has 2 amide bonds. The van der Waals surface area contributed by atoms with Crippen LogP contribution in [-0.2, 0) is 9.59 Å². The molecule has 4 nitrogen and oxygen atoms in total. The smallest absolute Gasteiger partial charge is 0.247 e. The quantitative estimate of drug-likeness (QED) is 0.916. The molecule has 1 saturated heterocycles. The average Bonchev–Trinajstić information content (AvgIpc) is 3.24. The molecule has 1 unspecified atom stereocenters. The lowest BCUT2D eigenvalue weighted by atomic mass is 10.0. The number of hydrogen-bond donors (Lipinski definition) is 1. The largest absolute Gasteiger partial charge is 0.345 e. The lowest BCUT2D eigenvalue weighted by Gasteiger charge is -2.37. The Balaban J connectivity index is 1.90. The molecule has 106 valence electrons. The van der Waals surface area contributed by atoms with Crippen LogP contribution in [0.2, 0.25) is 0 Å². The number of thioether (sulfide) groups is 1. The Morgan fingerprint density at radius 3 is 2.60 bits per heavy atom. The van der Waals surface area contributed by atoms with Gasteiger partial charge in [-0.15, -0.1) is 0 Å². The summed E-state index contributed by atoms with van der Waals surface area (Å²) in [5.41, 5.74) is 0.884. The second-order valence-corrected chi connectivity index (χ2v) is 6.71. The predicted octanol–water partition coefficient (Wildman–Crippen LogP) is 1.58. The molecule has 5 heteroatoms. The van der Waals surface area contributed by atoms with Gasteiger partial charge in [-0.2, -0.15) is 11.8 Å². The van der Waals surface area contributed by atoms with Crippen molar-refractivity contribution in [1.29, 1.82) is 0 Å². The average molecular weight is 290 g/mol. The van der Waals surface area contributed by atoms with Crippen LogP contribution in [0.4, 0.5) is 0 Å². The van der Waals surface area contributed by atoms with Crippen LogP contribution in [0.15, 0.2) is 30.3 Å². The Labute approximate surface area is 122 Å². The number of carbonyl (C=O) groups excluding carboxylic acids is 2. The molecule has 0 radical (unpaired) electrons.